The molecule has 1 aromatic carbocycles. The van der Waals surface area contributed by atoms with Gasteiger partial charge in [0.05, 0.1) is 17.9 Å². The standard InChI is InChI=1S/C17H19NO4/c1-11-6-7-14(12(2)9-11)17(20)22-10-16(19)18-13(3)15-5-4-8-21-15/h4-9,13H,10H2,1-3H3,(H,18,19)/t13-/m1/s1. The Morgan fingerprint density at radius 2 is 2.05 bits per heavy atom. The maximum Gasteiger partial charge on any atom is 0.338 e. The fraction of sp³-hybridized carbons (Fsp3) is 0.294. The summed E-state index contributed by atoms with van der Waals surface area (Å²) in [6, 6.07) is 8.68. The van der Waals surface area contributed by atoms with Crippen molar-refractivity contribution < 1.29 is 18.7 Å². The van der Waals surface area contributed by atoms with Crippen molar-refractivity contribution >= 4 is 11.9 Å². The average Bonchev–Trinajstić information content (AvgIpc) is 2.99. The zero-order valence-corrected chi connectivity index (χ0v) is 12.9. The minimum atomic E-state index is -0.502. The lowest BCUT2D eigenvalue weighted by molar-refractivity contribution is -0.125. The molecule has 0 aliphatic carbocycles. The molecule has 22 heavy (non-hydrogen) atoms. The molecule has 116 valence electrons. The number of amides is 1. The van der Waals surface area contributed by atoms with E-state index >= 15 is 0 Å². The van der Waals surface area contributed by atoms with Crippen LogP contribution in [0.15, 0.2) is 41.0 Å². The van der Waals surface area contributed by atoms with Gasteiger partial charge in [-0.25, -0.2) is 4.79 Å². The van der Waals surface area contributed by atoms with Crippen LogP contribution in [0.1, 0.15) is 40.2 Å². The van der Waals surface area contributed by atoms with Crippen LogP contribution in [0.5, 0.6) is 0 Å². The van der Waals surface area contributed by atoms with Crippen molar-refractivity contribution in [1.29, 1.82) is 0 Å². The summed E-state index contributed by atoms with van der Waals surface area (Å²) < 4.78 is 10.2. The molecular formula is C17H19NO4. The van der Waals surface area contributed by atoms with Crippen LogP contribution in [-0.2, 0) is 9.53 Å². The van der Waals surface area contributed by atoms with E-state index in [0.717, 1.165) is 11.1 Å². The van der Waals surface area contributed by atoms with Crippen LogP contribution < -0.4 is 5.32 Å². The fourth-order valence-corrected chi connectivity index (χ4v) is 2.14. The molecule has 0 radical (unpaired) electrons. The highest BCUT2D eigenvalue weighted by molar-refractivity contribution is 5.92. The van der Waals surface area contributed by atoms with Crippen LogP contribution in [0.3, 0.4) is 0 Å². The quantitative estimate of drug-likeness (QED) is 0.862. The van der Waals surface area contributed by atoms with Gasteiger partial charge in [0.1, 0.15) is 5.76 Å². The Balaban J connectivity index is 1.86. The van der Waals surface area contributed by atoms with E-state index in [1.165, 1.54) is 6.26 Å². The summed E-state index contributed by atoms with van der Waals surface area (Å²) in [5.41, 5.74) is 2.37. The summed E-state index contributed by atoms with van der Waals surface area (Å²) in [7, 11) is 0. The molecule has 0 bridgehead atoms. The predicted octanol–water partition coefficient (Wildman–Crippen LogP) is 2.93. The van der Waals surface area contributed by atoms with Gasteiger partial charge in [-0.3, -0.25) is 4.79 Å². The molecule has 0 fully saturated rings. The summed E-state index contributed by atoms with van der Waals surface area (Å²) in [4.78, 5) is 23.8. The van der Waals surface area contributed by atoms with Gasteiger partial charge in [-0.2, -0.15) is 0 Å². The molecule has 0 spiro atoms. The molecule has 5 heteroatoms. The van der Waals surface area contributed by atoms with Crippen LogP contribution >= 0.6 is 0 Å². The first kappa shape index (κ1) is 15.8. The van der Waals surface area contributed by atoms with Gasteiger partial charge in [0.15, 0.2) is 6.61 Å². The Bertz CT molecular complexity index is 661. The maximum atomic E-state index is 12.0. The molecule has 1 amide bonds. The molecule has 2 rings (SSSR count). The summed E-state index contributed by atoms with van der Waals surface area (Å²) >= 11 is 0. The monoisotopic (exact) mass is 301 g/mol. The third kappa shape index (κ3) is 3.97. The van der Waals surface area contributed by atoms with Gasteiger partial charge < -0.3 is 14.5 Å². The topological polar surface area (TPSA) is 68.5 Å². The van der Waals surface area contributed by atoms with Crippen LogP contribution in [-0.4, -0.2) is 18.5 Å². The van der Waals surface area contributed by atoms with E-state index in [9.17, 15) is 9.59 Å². The number of hydrogen-bond acceptors (Lipinski definition) is 4. The zero-order chi connectivity index (χ0) is 16.1. The zero-order valence-electron chi connectivity index (χ0n) is 12.9. The van der Waals surface area contributed by atoms with E-state index in [-0.39, 0.29) is 18.6 Å². The Hall–Kier alpha value is -2.56. The van der Waals surface area contributed by atoms with Gasteiger partial charge in [0.25, 0.3) is 5.91 Å². The number of carbonyl (C=O) groups is 2. The molecule has 0 saturated heterocycles. The van der Waals surface area contributed by atoms with Gasteiger partial charge >= 0.3 is 5.97 Å². The molecule has 0 saturated carbocycles. The Kier molecular flexibility index (Phi) is 4.99. The first-order chi connectivity index (χ1) is 10.5. The first-order valence-corrected chi connectivity index (χ1v) is 7.04. The van der Waals surface area contributed by atoms with Crippen LogP contribution in [0.4, 0.5) is 0 Å². The highest BCUT2D eigenvalue weighted by atomic mass is 16.5. The van der Waals surface area contributed by atoms with E-state index in [1.807, 2.05) is 26.0 Å². The second-order valence-corrected chi connectivity index (χ2v) is 5.20. The summed E-state index contributed by atoms with van der Waals surface area (Å²) in [5.74, 6) is -0.227. The second kappa shape index (κ2) is 6.93. The summed E-state index contributed by atoms with van der Waals surface area (Å²) in [5, 5.41) is 2.70. The number of ether oxygens (including phenoxy) is 1. The van der Waals surface area contributed by atoms with Crippen molar-refractivity contribution in [1.82, 2.24) is 5.32 Å². The van der Waals surface area contributed by atoms with Gasteiger partial charge in [-0.05, 0) is 44.5 Å². The largest absolute Gasteiger partial charge is 0.467 e. The van der Waals surface area contributed by atoms with Crippen molar-refractivity contribution in [3.63, 3.8) is 0 Å². The van der Waals surface area contributed by atoms with Gasteiger partial charge in [-0.1, -0.05) is 17.7 Å². The summed E-state index contributed by atoms with van der Waals surface area (Å²) in [6.45, 7) is 5.26. The number of benzene rings is 1. The molecule has 1 aromatic heterocycles. The number of hydrogen-bond donors (Lipinski definition) is 1. The third-order valence-electron chi connectivity index (χ3n) is 3.28. The highest BCUT2D eigenvalue weighted by Gasteiger charge is 2.15. The Morgan fingerprint density at radius 1 is 1.27 bits per heavy atom. The first-order valence-electron chi connectivity index (χ1n) is 7.04. The molecule has 1 heterocycles. The minimum Gasteiger partial charge on any atom is -0.467 e. The molecule has 0 aliphatic heterocycles. The minimum absolute atomic E-state index is 0.276. The fourth-order valence-electron chi connectivity index (χ4n) is 2.14. The van der Waals surface area contributed by atoms with Crippen molar-refractivity contribution in [2.75, 3.05) is 6.61 Å². The van der Waals surface area contributed by atoms with Crippen LogP contribution in [0.25, 0.3) is 0 Å². The molecule has 2 aromatic rings. The lowest BCUT2D eigenvalue weighted by Crippen LogP contribution is -2.31. The molecular weight excluding hydrogens is 282 g/mol. The maximum absolute atomic E-state index is 12.0. The van der Waals surface area contributed by atoms with Crippen molar-refractivity contribution in [2.45, 2.75) is 26.8 Å². The van der Waals surface area contributed by atoms with Crippen molar-refractivity contribution in [2.24, 2.45) is 0 Å². The number of carbonyl (C=O) groups excluding carboxylic acids is 2. The number of esters is 1. The van der Waals surface area contributed by atoms with Crippen LogP contribution in [0.2, 0.25) is 0 Å². The molecule has 0 aliphatic rings. The average molecular weight is 301 g/mol. The van der Waals surface area contributed by atoms with Gasteiger partial charge in [0.2, 0.25) is 0 Å². The molecule has 1 atom stereocenters. The van der Waals surface area contributed by atoms with E-state index in [4.69, 9.17) is 9.15 Å². The van der Waals surface area contributed by atoms with E-state index in [0.29, 0.717) is 11.3 Å². The second-order valence-electron chi connectivity index (χ2n) is 5.20. The number of furan rings is 1. The predicted molar refractivity (Wildman–Crippen MR) is 81.5 cm³/mol. The SMILES string of the molecule is Cc1ccc(C(=O)OCC(=O)N[C@H](C)c2ccco2)c(C)c1. The lowest BCUT2D eigenvalue weighted by Gasteiger charge is -2.12. The van der Waals surface area contributed by atoms with E-state index < -0.39 is 5.97 Å². The number of aryl methyl sites for hydroxylation is 2. The van der Waals surface area contributed by atoms with Gasteiger partial charge in [0, 0.05) is 0 Å². The Morgan fingerprint density at radius 3 is 2.68 bits per heavy atom. The van der Waals surface area contributed by atoms with Crippen molar-refractivity contribution in [3.05, 3.63) is 59.0 Å². The lowest BCUT2D eigenvalue weighted by atomic mass is 10.1. The number of rotatable bonds is 5. The Labute approximate surface area is 129 Å². The number of nitrogens with one attached hydrogen (secondary N) is 1. The summed E-state index contributed by atoms with van der Waals surface area (Å²) in [6.07, 6.45) is 1.54. The van der Waals surface area contributed by atoms with Crippen molar-refractivity contribution in [3.8, 4) is 0 Å². The van der Waals surface area contributed by atoms with Gasteiger partial charge in [-0.15, -0.1) is 0 Å². The molecule has 5 nitrogen and oxygen atoms in total. The molecule has 1 N–H and O–H groups in total. The smallest absolute Gasteiger partial charge is 0.338 e. The third-order valence-corrected chi connectivity index (χ3v) is 3.28. The highest BCUT2D eigenvalue weighted by Crippen LogP contribution is 2.13. The van der Waals surface area contributed by atoms with E-state index in [1.54, 1.807) is 25.1 Å². The van der Waals surface area contributed by atoms with Crippen LogP contribution in [0, 0.1) is 13.8 Å². The van der Waals surface area contributed by atoms with E-state index in [2.05, 4.69) is 5.32 Å². The normalized spacial score (nSPS) is 11.8. The molecule has 0 unspecified atom stereocenters.